The molecule has 4 rings (SSSR count). The standard InChI is InChI=1S/C23H26N6O2S/c1-28-16-25-27-23(28)32-15-21(30)26-19-7-5-6-18(14-19)22(31)29-13-4-2-3-8-20(29)17-9-11-24-12-10-17/h5-7,9-12,14,16,20H,2-4,8,13,15H2,1H3,(H,26,30). The van der Waals surface area contributed by atoms with Gasteiger partial charge in [0.05, 0.1) is 11.8 Å². The first-order valence-corrected chi connectivity index (χ1v) is 11.7. The first-order chi connectivity index (χ1) is 15.6. The molecule has 8 nitrogen and oxygen atoms in total. The molecule has 1 unspecified atom stereocenters. The Morgan fingerprint density at radius 2 is 2.00 bits per heavy atom. The third kappa shape index (κ3) is 5.34. The van der Waals surface area contributed by atoms with Crippen LogP contribution in [-0.4, -0.2) is 48.8 Å². The van der Waals surface area contributed by atoms with E-state index in [2.05, 4.69) is 20.5 Å². The topological polar surface area (TPSA) is 93.0 Å². The maximum atomic E-state index is 13.5. The van der Waals surface area contributed by atoms with Crippen LogP contribution in [0.3, 0.4) is 0 Å². The van der Waals surface area contributed by atoms with Crippen LogP contribution in [0.4, 0.5) is 5.69 Å². The number of carbonyl (C=O) groups excluding carboxylic acids is 2. The van der Waals surface area contributed by atoms with Crippen LogP contribution in [0.5, 0.6) is 0 Å². The van der Waals surface area contributed by atoms with Crippen molar-refractivity contribution >= 4 is 29.3 Å². The minimum Gasteiger partial charge on any atom is -0.332 e. The summed E-state index contributed by atoms with van der Waals surface area (Å²) in [6.07, 6.45) is 9.28. The summed E-state index contributed by atoms with van der Waals surface area (Å²) in [5.41, 5.74) is 2.29. The molecular formula is C23H26N6O2S. The zero-order valence-corrected chi connectivity index (χ0v) is 18.8. The van der Waals surface area contributed by atoms with Crippen LogP contribution in [0.1, 0.15) is 47.6 Å². The number of hydrogen-bond acceptors (Lipinski definition) is 6. The molecular weight excluding hydrogens is 424 g/mol. The maximum absolute atomic E-state index is 13.5. The van der Waals surface area contributed by atoms with Crippen molar-refractivity contribution in [2.45, 2.75) is 36.9 Å². The van der Waals surface area contributed by atoms with Crippen molar-refractivity contribution in [3.8, 4) is 0 Å². The molecule has 1 fully saturated rings. The normalized spacial score (nSPS) is 16.4. The average Bonchev–Trinajstić information content (AvgIpc) is 3.07. The molecule has 2 amide bonds. The van der Waals surface area contributed by atoms with Crippen molar-refractivity contribution in [2.75, 3.05) is 17.6 Å². The average molecular weight is 451 g/mol. The molecule has 0 saturated carbocycles. The number of amides is 2. The lowest BCUT2D eigenvalue weighted by molar-refractivity contribution is -0.113. The van der Waals surface area contributed by atoms with E-state index >= 15 is 0 Å². The van der Waals surface area contributed by atoms with Crippen molar-refractivity contribution in [1.82, 2.24) is 24.6 Å². The smallest absolute Gasteiger partial charge is 0.254 e. The van der Waals surface area contributed by atoms with Crippen LogP contribution in [-0.2, 0) is 11.8 Å². The van der Waals surface area contributed by atoms with Gasteiger partial charge < -0.3 is 14.8 Å². The van der Waals surface area contributed by atoms with Gasteiger partial charge in [-0.25, -0.2) is 0 Å². The van der Waals surface area contributed by atoms with Gasteiger partial charge >= 0.3 is 0 Å². The highest BCUT2D eigenvalue weighted by Crippen LogP contribution is 2.31. The Bertz CT molecular complexity index is 1070. The van der Waals surface area contributed by atoms with Gasteiger partial charge in [-0.1, -0.05) is 30.7 Å². The second-order valence-electron chi connectivity index (χ2n) is 7.79. The largest absolute Gasteiger partial charge is 0.332 e. The quantitative estimate of drug-likeness (QED) is 0.576. The fourth-order valence-electron chi connectivity index (χ4n) is 3.91. The molecule has 1 saturated heterocycles. The number of benzene rings is 1. The second kappa shape index (κ2) is 10.4. The van der Waals surface area contributed by atoms with Crippen molar-refractivity contribution in [2.24, 2.45) is 7.05 Å². The van der Waals surface area contributed by atoms with Gasteiger partial charge in [-0.15, -0.1) is 10.2 Å². The van der Waals surface area contributed by atoms with Crippen LogP contribution in [0.25, 0.3) is 0 Å². The van der Waals surface area contributed by atoms with E-state index in [0.717, 1.165) is 37.8 Å². The van der Waals surface area contributed by atoms with Crippen LogP contribution in [0.15, 0.2) is 60.3 Å². The van der Waals surface area contributed by atoms with Gasteiger partial charge in [-0.2, -0.15) is 0 Å². The van der Waals surface area contributed by atoms with E-state index in [1.165, 1.54) is 11.8 Å². The van der Waals surface area contributed by atoms with Crippen LogP contribution >= 0.6 is 11.8 Å². The first-order valence-electron chi connectivity index (χ1n) is 10.7. The summed E-state index contributed by atoms with van der Waals surface area (Å²) in [6, 6.07) is 11.2. The number of thioether (sulfide) groups is 1. The highest BCUT2D eigenvalue weighted by atomic mass is 32.2. The van der Waals surface area contributed by atoms with E-state index in [0.29, 0.717) is 16.4 Å². The SMILES string of the molecule is Cn1cnnc1SCC(=O)Nc1cccc(C(=O)N2CCCCCC2c2ccncc2)c1. The Morgan fingerprint density at radius 3 is 2.78 bits per heavy atom. The summed E-state index contributed by atoms with van der Waals surface area (Å²) < 4.78 is 1.76. The van der Waals surface area contributed by atoms with E-state index in [1.807, 2.05) is 24.1 Å². The van der Waals surface area contributed by atoms with Gasteiger partial charge in [0.25, 0.3) is 5.91 Å². The number of carbonyl (C=O) groups is 2. The zero-order chi connectivity index (χ0) is 22.3. The summed E-state index contributed by atoms with van der Waals surface area (Å²) in [5.74, 6) is 0.0336. The monoisotopic (exact) mass is 450 g/mol. The van der Waals surface area contributed by atoms with Crippen LogP contribution in [0.2, 0.25) is 0 Å². The number of nitrogens with zero attached hydrogens (tertiary/aromatic N) is 5. The summed E-state index contributed by atoms with van der Waals surface area (Å²) in [5, 5.41) is 11.3. The molecule has 0 radical (unpaired) electrons. The molecule has 0 spiro atoms. The third-order valence-electron chi connectivity index (χ3n) is 5.50. The minimum absolute atomic E-state index is 0.0155. The molecule has 1 atom stereocenters. The Labute approximate surface area is 191 Å². The number of aromatic nitrogens is 4. The first kappa shape index (κ1) is 22.0. The molecule has 1 aliphatic heterocycles. The molecule has 1 aliphatic rings. The lowest BCUT2D eigenvalue weighted by Crippen LogP contribution is -2.34. The molecule has 1 aromatic carbocycles. The number of aryl methyl sites for hydroxylation is 1. The Morgan fingerprint density at radius 1 is 1.16 bits per heavy atom. The van der Waals surface area contributed by atoms with E-state index < -0.39 is 0 Å². The van der Waals surface area contributed by atoms with Crippen LogP contribution in [0, 0.1) is 0 Å². The maximum Gasteiger partial charge on any atom is 0.254 e. The summed E-state index contributed by atoms with van der Waals surface area (Å²) in [6.45, 7) is 0.719. The predicted molar refractivity (Wildman–Crippen MR) is 123 cm³/mol. The lowest BCUT2D eigenvalue weighted by atomic mass is 10.0. The molecule has 9 heteroatoms. The Balaban J connectivity index is 1.45. The Kier molecular flexibility index (Phi) is 7.16. The second-order valence-corrected chi connectivity index (χ2v) is 8.73. The van der Waals surface area contributed by atoms with E-state index in [9.17, 15) is 9.59 Å². The number of anilines is 1. The molecule has 3 heterocycles. The molecule has 166 valence electrons. The van der Waals surface area contributed by atoms with Crippen molar-refractivity contribution < 1.29 is 9.59 Å². The van der Waals surface area contributed by atoms with Crippen LogP contribution < -0.4 is 5.32 Å². The fraction of sp³-hybridized carbons (Fsp3) is 0.348. The lowest BCUT2D eigenvalue weighted by Gasteiger charge is -2.30. The fourth-order valence-corrected chi connectivity index (χ4v) is 4.60. The van der Waals surface area contributed by atoms with E-state index in [-0.39, 0.29) is 23.6 Å². The highest BCUT2D eigenvalue weighted by Gasteiger charge is 2.27. The number of rotatable bonds is 6. The van der Waals surface area contributed by atoms with Gasteiger partial charge in [0.2, 0.25) is 5.91 Å². The molecule has 0 aliphatic carbocycles. The van der Waals surface area contributed by atoms with Gasteiger partial charge in [0.1, 0.15) is 6.33 Å². The number of likely N-dealkylation sites (tertiary alicyclic amines) is 1. The van der Waals surface area contributed by atoms with Gasteiger partial charge in [0, 0.05) is 37.2 Å². The number of pyridine rings is 1. The van der Waals surface area contributed by atoms with Crippen molar-refractivity contribution in [3.63, 3.8) is 0 Å². The molecule has 32 heavy (non-hydrogen) atoms. The molecule has 0 bridgehead atoms. The van der Waals surface area contributed by atoms with Crippen molar-refractivity contribution in [1.29, 1.82) is 0 Å². The summed E-state index contributed by atoms with van der Waals surface area (Å²) in [7, 11) is 1.83. The molecule has 3 aromatic rings. The zero-order valence-electron chi connectivity index (χ0n) is 18.0. The Hall–Kier alpha value is -3.20. The highest BCUT2D eigenvalue weighted by molar-refractivity contribution is 7.99. The summed E-state index contributed by atoms with van der Waals surface area (Å²) >= 11 is 1.31. The van der Waals surface area contributed by atoms with E-state index in [4.69, 9.17) is 0 Å². The van der Waals surface area contributed by atoms with Crippen molar-refractivity contribution in [3.05, 3.63) is 66.2 Å². The predicted octanol–water partition coefficient (Wildman–Crippen LogP) is 3.70. The third-order valence-corrected chi connectivity index (χ3v) is 6.53. The summed E-state index contributed by atoms with van der Waals surface area (Å²) in [4.78, 5) is 31.9. The molecule has 1 N–H and O–H groups in total. The van der Waals surface area contributed by atoms with Gasteiger partial charge in [0.15, 0.2) is 5.16 Å². The van der Waals surface area contributed by atoms with Gasteiger partial charge in [-0.05, 0) is 48.7 Å². The number of nitrogens with one attached hydrogen (secondary N) is 1. The number of hydrogen-bond donors (Lipinski definition) is 1. The minimum atomic E-state index is -0.160. The molecule has 2 aromatic heterocycles. The van der Waals surface area contributed by atoms with E-state index in [1.54, 1.807) is 47.6 Å². The van der Waals surface area contributed by atoms with Gasteiger partial charge in [-0.3, -0.25) is 14.6 Å².